The van der Waals surface area contributed by atoms with Crippen LogP contribution in [0.3, 0.4) is 0 Å². The predicted molar refractivity (Wildman–Crippen MR) is 88.0 cm³/mol. The Labute approximate surface area is 134 Å². The summed E-state index contributed by atoms with van der Waals surface area (Å²) in [5.74, 6) is 0.923. The number of rotatable bonds is 4. The minimum absolute atomic E-state index is 0.0503. The Morgan fingerprint density at radius 2 is 2.32 bits per heavy atom. The van der Waals surface area contributed by atoms with Crippen LogP contribution in [0.15, 0.2) is 24.5 Å². The Morgan fingerprint density at radius 1 is 1.45 bits per heavy atom. The van der Waals surface area contributed by atoms with Crippen LogP contribution in [0.2, 0.25) is 0 Å². The van der Waals surface area contributed by atoms with Crippen LogP contribution in [0.4, 0.5) is 5.82 Å². The van der Waals surface area contributed by atoms with Crippen LogP contribution >= 0.6 is 11.3 Å². The van der Waals surface area contributed by atoms with Gasteiger partial charge in [0.05, 0.1) is 30.6 Å². The maximum Gasteiger partial charge on any atom is 0.228 e. The van der Waals surface area contributed by atoms with Gasteiger partial charge in [0.25, 0.3) is 0 Å². The maximum atomic E-state index is 12.6. The number of aromatic nitrogens is 2. The summed E-state index contributed by atoms with van der Waals surface area (Å²) in [6.45, 7) is 2.87. The van der Waals surface area contributed by atoms with Crippen LogP contribution < -0.4 is 5.32 Å². The molecule has 0 saturated carbocycles. The van der Waals surface area contributed by atoms with Crippen molar-refractivity contribution in [2.75, 3.05) is 18.9 Å². The summed E-state index contributed by atoms with van der Waals surface area (Å²) >= 11 is 1.69. The number of nitrogens with one attached hydrogen (secondary N) is 1. The lowest BCUT2D eigenvalue weighted by Crippen LogP contribution is -2.32. The van der Waals surface area contributed by atoms with Gasteiger partial charge < -0.3 is 10.2 Å². The minimum Gasteiger partial charge on any atom is -0.372 e. The summed E-state index contributed by atoms with van der Waals surface area (Å²) in [7, 11) is 1.82. The van der Waals surface area contributed by atoms with Crippen molar-refractivity contribution in [1.82, 2.24) is 14.9 Å². The number of nitrogens with zero attached hydrogens (tertiary/aromatic N) is 3. The molecule has 0 spiro atoms. The molecule has 1 atom stereocenters. The smallest absolute Gasteiger partial charge is 0.228 e. The summed E-state index contributed by atoms with van der Waals surface area (Å²) in [5, 5.41) is 3.00. The number of carbonyl (C=O) groups is 1. The summed E-state index contributed by atoms with van der Waals surface area (Å²) in [5.41, 5.74) is 0.875. The van der Waals surface area contributed by atoms with E-state index in [1.165, 1.54) is 4.88 Å². The van der Waals surface area contributed by atoms with E-state index >= 15 is 0 Å². The van der Waals surface area contributed by atoms with Gasteiger partial charge in [-0.2, -0.15) is 0 Å². The van der Waals surface area contributed by atoms with Crippen molar-refractivity contribution >= 4 is 23.1 Å². The van der Waals surface area contributed by atoms with Crippen LogP contribution in [0, 0.1) is 6.92 Å². The highest BCUT2D eigenvalue weighted by Gasteiger charge is 2.31. The van der Waals surface area contributed by atoms with E-state index in [2.05, 4.69) is 28.3 Å². The number of carbonyl (C=O) groups excluding carboxylic acids is 1. The molecule has 1 aliphatic heterocycles. The topological polar surface area (TPSA) is 58.1 Å². The highest BCUT2D eigenvalue weighted by Crippen LogP contribution is 2.31. The summed E-state index contributed by atoms with van der Waals surface area (Å²) in [6, 6.07) is 4.16. The molecule has 1 aliphatic rings. The van der Waals surface area contributed by atoms with Crippen molar-refractivity contribution in [3.05, 3.63) is 40.0 Å². The second-order valence-electron chi connectivity index (χ2n) is 5.51. The molecule has 3 heterocycles. The number of anilines is 1. The van der Waals surface area contributed by atoms with E-state index in [1.54, 1.807) is 23.7 Å². The number of aryl methyl sites for hydroxylation is 1. The first-order valence-electron chi connectivity index (χ1n) is 7.52. The van der Waals surface area contributed by atoms with Crippen molar-refractivity contribution in [2.45, 2.75) is 32.2 Å². The third kappa shape index (κ3) is 3.11. The van der Waals surface area contributed by atoms with Gasteiger partial charge in [-0.15, -0.1) is 11.3 Å². The van der Waals surface area contributed by atoms with Crippen molar-refractivity contribution in [2.24, 2.45) is 0 Å². The first kappa shape index (κ1) is 15.0. The van der Waals surface area contributed by atoms with Crippen molar-refractivity contribution in [1.29, 1.82) is 0 Å². The van der Waals surface area contributed by atoms with E-state index in [4.69, 9.17) is 0 Å². The van der Waals surface area contributed by atoms with Gasteiger partial charge in [0.1, 0.15) is 5.82 Å². The molecule has 22 heavy (non-hydrogen) atoms. The zero-order valence-corrected chi connectivity index (χ0v) is 13.7. The normalized spacial score (nSPS) is 17.7. The quantitative estimate of drug-likeness (QED) is 0.942. The van der Waals surface area contributed by atoms with Crippen LogP contribution in [-0.4, -0.2) is 34.4 Å². The van der Waals surface area contributed by atoms with Gasteiger partial charge in [-0.05, 0) is 31.9 Å². The fourth-order valence-corrected chi connectivity index (χ4v) is 3.75. The molecule has 0 aromatic carbocycles. The van der Waals surface area contributed by atoms with Gasteiger partial charge >= 0.3 is 0 Å². The second kappa shape index (κ2) is 6.44. The first-order valence-corrected chi connectivity index (χ1v) is 8.33. The van der Waals surface area contributed by atoms with Crippen LogP contribution in [-0.2, 0) is 11.2 Å². The third-order valence-electron chi connectivity index (χ3n) is 3.95. The van der Waals surface area contributed by atoms with Crippen LogP contribution in [0.25, 0.3) is 0 Å². The van der Waals surface area contributed by atoms with E-state index in [1.807, 2.05) is 18.0 Å². The zero-order chi connectivity index (χ0) is 15.5. The molecule has 1 saturated heterocycles. The Balaban J connectivity index is 1.75. The largest absolute Gasteiger partial charge is 0.372 e. The minimum atomic E-state index is 0.0503. The molecule has 0 radical (unpaired) electrons. The Bertz CT molecular complexity index is 670. The van der Waals surface area contributed by atoms with Gasteiger partial charge in [0.15, 0.2) is 0 Å². The number of amides is 1. The molecule has 1 amide bonds. The number of hydrogen-bond donors (Lipinski definition) is 1. The molecule has 1 fully saturated rings. The van der Waals surface area contributed by atoms with Crippen molar-refractivity contribution < 1.29 is 4.79 Å². The highest BCUT2D eigenvalue weighted by molar-refractivity contribution is 7.12. The van der Waals surface area contributed by atoms with Crippen LogP contribution in [0.5, 0.6) is 0 Å². The lowest BCUT2D eigenvalue weighted by molar-refractivity contribution is -0.131. The SMILES string of the molecule is CNc1cncc([C@H]2CCCN2C(=O)Cc2ccc(C)s2)n1. The molecule has 2 aromatic heterocycles. The Morgan fingerprint density at radius 3 is 3.05 bits per heavy atom. The van der Waals surface area contributed by atoms with Gasteiger partial charge in [0.2, 0.25) is 5.91 Å². The molecule has 3 rings (SSSR count). The molecule has 2 aromatic rings. The summed E-state index contributed by atoms with van der Waals surface area (Å²) in [4.78, 5) is 25.7. The highest BCUT2D eigenvalue weighted by atomic mass is 32.1. The van der Waals surface area contributed by atoms with Gasteiger partial charge in [0, 0.05) is 23.3 Å². The van der Waals surface area contributed by atoms with E-state index in [0.717, 1.165) is 35.8 Å². The molecule has 6 heteroatoms. The van der Waals surface area contributed by atoms with E-state index in [0.29, 0.717) is 6.42 Å². The summed E-state index contributed by atoms with van der Waals surface area (Å²) < 4.78 is 0. The number of thiophene rings is 1. The van der Waals surface area contributed by atoms with Crippen molar-refractivity contribution in [3.8, 4) is 0 Å². The number of likely N-dealkylation sites (tertiary alicyclic amines) is 1. The lowest BCUT2D eigenvalue weighted by Gasteiger charge is -2.24. The molecular formula is C16H20N4OS. The van der Waals surface area contributed by atoms with Gasteiger partial charge in [-0.1, -0.05) is 0 Å². The van der Waals surface area contributed by atoms with E-state index < -0.39 is 0 Å². The predicted octanol–water partition coefficient (Wildman–Crippen LogP) is 2.79. The molecule has 0 aliphatic carbocycles. The number of hydrogen-bond acceptors (Lipinski definition) is 5. The average Bonchev–Trinajstić information content (AvgIpc) is 3.16. The molecule has 0 unspecified atom stereocenters. The monoisotopic (exact) mass is 316 g/mol. The van der Waals surface area contributed by atoms with Crippen molar-refractivity contribution in [3.63, 3.8) is 0 Å². The van der Waals surface area contributed by atoms with E-state index in [-0.39, 0.29) is 11.9 Å². The molecule has 5 nitrogen and oxygen atoms in total. The third-order valence-corrected chi connectivity index (χ3v) is 4.95. The second-order valence-corrected chi connectivity index (χ2v) is 6.89. The fourth-order valence-electron chi connectivity index (χ4n) is 2.87. The lowest BCUT2D eigenvalue weighted by atomic mass is 10.1. The maximum absolute atomic E-state index is 12.6. The van der Waals surface area contributed by atoms with Gasteiger partial charge in [-0.25, -0.2) is 4.98 Å². The standard InChI is InChI=1S/C16H20N4OS/c1-11-5-6-12(22-11)8-16(21)20-7-3-4-14(20)13-9-18-10-15(17-2)19-13/h5-6,9-10,14H,3-4,7-8H2,1-2H3,(H,17,19)/t14-/m1/s1. The van der Waals surface area contributed by atoms with Crippen LogP contribution in [0.1, 0.15) is 34.3 Å². The fraction of sp³-hybridized carbons (Fsp3) is 0.438. The molecule has 0 bridgehead atoms. The molecule has 1 N–H and O–H groups in total. The zero-order valence-electron chi connectivity index (χ0n) is 12.9. The van der Waals surface area contributed by atoms with Gasteiger partial charge in [-0.3, -0.25) is 9.78 Å². The first-order chi connectivity index (χ1) is 10.7. The molecule has 116 valence electrons. The molecular weight excluding hydrogens is 296 g/mol. The van der Waals surface area contributed by atoms with E-state index in [9.17, 15) is 4.79 Å². The Kier molecular flexibility index (Phi) is 4.38. The Hall–Kier alpha value is -1.95. The summed E-state index contributed by atoms with van der Waals surface area (Å²) in [6.07, 6.45) is 5.92. The average molecular weight is 316 g/mol.